The van der Waals surface area contributed by atoms with Crippen molar-refractivity contribution in [3.05, 3.63) is 21.9 Å². The second kappa shape index (κ2) is 6.89. The van der Waals surface area contributed by atoms with Crippen molar-refractivity contribution in [1.29, 1.82) is 0 Å². The predicted molar refractivity (Wildman–Crippen MR) is 80.9 cm³/mol. The highest BCUT2D eigenvalue weighted by Gasteiger charge is 2.24. The van der Waals surface area contributed by atoms with Crippen LogP contribution in [0.5, 0.6) is 0 Å². The molecule has 1 aromatic heterocycles. The van der Waals surface area contributed by atoms with Gasteiger partial charge in [0, 0.05) is 18.6 Å². The lowest BCUT2D eigenvalue weighted by molar-refractivity contribution is 0.0900. The van der Waals surface area contributed by atoms with Crippen molar-refractivity contribution in [2.75, 3.05) is 20.2 Å². The van der Waals surface area contributed by atoms with Crippen LogP contribution in [-0.2, 0) is 0 Å². The maximum atomic E-state index is 12.2. The summed E-state index contributed by atoms with van der Waals surface area (Å²) >= 11 is 1.36. The minimum absolute atomic E-state index is 0.0196. The van der Waals surface area contributed by atoms with Crippen molar-refractivity contribution in [1.82, 2.24) is 10.2 Å². The van der Waals surface area contributed by atoms with Crippen molar-refractivity contribution >= 4 is 17.2 Å². The lowest BCUT2D eigenvalue weighted by Gasteiger charge is -2.35. The van der Waals surface area contributed by atoms with Gasteiger partial charge >= 0.3 is 0 Å². The highest BCUT2D eigenvalue weighted by Crippen LogP contribution is 2.18. The molecule has 1 aromatic rings. The van der Waals surface area contributed by atoms with Gasteiger partial charge < -0.3 is 15.3 Å². The molecule has 0 radical (unpaired) electrons. The van der Waals surface area contributed by atoms with Gasteiger partial charge in [0.15, 0.2) is 0 Å². The van der Waals surface area contributed by atoms with Gasteiger partial charge in [-0.25, -0.2) is 0 Å². The molecule has 1 aliphatic rings. The van der Waals surface area contributed by atoms with Crippen molar-refractivity contribution in [3.8, 4) is 11.8 Å². The summed E-state index contributed by atoms with van der Waals surface area (Å²) in [5, 5.41) is 11.8. The number of amides is 1. The van der Waals surface area contributed by atoms with E-state index in [0.29, 0.717) is 10.9 Å². The number of rotatable bonds is 2. The summed E-state index contributed by atoms with van der Waals surface area (Å²) in [5.74, 6) is 5.39. The number of hydrogen-bond acceptors (Lipinski definition) is 4. The second-order valence-electron chi connectivity index (χ2n) is 5.15. The number of nitrogens with zero attached hydrogens (tertiary/aromatic N) is 1. The first kappa shape index (κ1) is 15.0. The van der Waals surface area contributed by atoms with E-state index in [1.165, 1.54) is 11.3 Å². The first-order valence-electron chi connectivity index (χ1n) is 6.81. The SMILES string of the molecule is CC1CC(NC(=O)c2ccc(C#CCO)s2)CCN1C. The van der Waals surface area contributed by atoms with E-state index in [1.54, 1.807) is 6.07 Å². The van der Waals surface area contributed by atoms with Gasteiger partial charge in [0.1, 0.15) is 6.61 Å². The molecule has 0 aliphatic carbocycles. The number of likely N-dealkylation sites (tertiary alicyclic amines) is 1. The minimum atomic E-state index is -0.160. The largest absolute Gasteiger partial charge is 0.384 e. The van der Waals surface area contributed by atoms with Crippen LogP contribution >= 0.6 is 11.3 Å². The van der Waals surface area contributed by atoms with E-state index in [-0.39, 0.29) is 18.6 Å². The molecular formula is C15H20N2O2S. The molecule has 2 unspecified atom stereocenters. The van der Waals surface area contributed by atoms with E-state index in [0.717, 1.165) is 24.3 Å². The third-order valence-corrected chi connectivity index (χ3v) is 4.66. The fraction of sp³-hybridized carbons (Fsp3) is 0.533. The summed E-state index contributed by atoms with van der Waals surface area (Å²) in [7, 11) is 2.12. The monoisotopic (exact) mass is 292 g/mol. The van der Waals surface area contributed by atoms with E-state index in [9.17, 15) is 4.79 Å². The zero-order valence-electron chi connectivity index (χ0n) is 11.8. The van der Waals surface area contributed by atoms with Crippen LogP contribution in [0.1, 0.15) is 34.3 Å². The Balaban J connectivity index is 1.93. The van der Waals surface area contributed by atoms with Crippen LogP contribution in [-0.4, -0.2) is 48.2 Å². The van der Waals surface area contributed by atoms with Gasteiger partial charge in [0.2, 0.25) is 0 Å². The molecule has 1 amide bonds. The Hall–Kier alpha value is -1.35. The van der Waals surface area contributed by atoms with Crippen molar-refractivity contribution in [3.63, 3.8) is 0 Å². The molecule has 1 saturated heterocycles. The predicted octanol–water partition coefficient (Wildman–Crippen LogP) is 1.30. The first-order valence-corrected chi connectivity index (χ1v) is 7.62. The molecule has 1 fully saturated rings. The lowest BCUT2D eigenvalue weighted by atomic mass is 9.99. The summed E-state index contributed by atoms with van der Waals surface area (Å²) < 4.78 is 0. The quantitative estimate of drug-likeness (QED) is 0.808. The van der Waals surface area contributed by atoms with Crippen LogP contribution in [0.3, 0.4) is 0 Å². The summed E-state index contributed by atoms with van der Waals surface area (Å²) in [6.45, 7) is 3.04. The Kier molecular flexibility index (Phi) is 5.18. The Morgan fingerprint density at radius 2 is 2.40 bits per heavy atom. The molecule has 2 rings (SSSR count). The van der Waals surface area contributed by atoms with E-state index in [1.807, 2.05) is 6.07 Å². The van der Waals surface area contributed by atoms with Crippen LogP contribution in [0.2, 0.25) is 0 Å². The van der Waals surface area contributed by atoms with Crippen LogP contribution < -0.4 is 5.32 Å². The molecule has 2 N–H and O–H groups in total. The maximum Gasteiger partial charge on any atom is 0.261 e. The number of piperidine rings is 1. The average molecular weight is 292 g/mol. The number of carbonyl (C=O) groups excluding carboxylic acids is 1. The maximum absolute atomic E-state index is 12.2. The molecule has 2 atom stereocenters. The fourth-order valence-corrected chi connectivity index (χ4v) is 3.11. The van der Waals surface area contributed by atoms with E-state index < -0.39 is 0 Å². The standard InChI is InChI=1S/C15H20N2O2S/c1-11-10-12(7-8-17(11)2)16-15(19)14-6-5-13(20-14)4-3-9-18/h5-6,11-12,18H,7-10H2,1-2H3,(H,16,19). The van der Waals surface area contributed by atoms with Gasteiger partial charge in [-0.15, -0.1) is 11.3 Å². The van der Waals surface area contributed by atoms with E-state index in [4.69, 9.17) is 5.11 Å². The number of aliphatic hydroxyl groups is 1. The molecule has 0 saturated carbocycles. The van der Waals surface area contributed by atoms with Gasteiger partial charge in [-0.3, -0.25) is 4.79 Å². The van der Waals surface area contributed by atoms with Gasteiger partial charge in [-0.2, -0.15) is 0 Å². The van der Waals surface area contributed by atoms with Gasteiger partial charge in [0.05, 0.1) is 9.75 Å². The van der Waals surface area contributed by atoms with Gasteiger partial charge in [0.25, 0.3) is 5.91 Å². The average Bonchev–Trinajstić information content (AvgIpc) is 2.89. The molecule has 0 aromatic carbocycles. The van der Waals surface area contributed by atoms with E-state index in [2.05, 4.69) is 36.0 Å². The van der Waals surface area contributed by atoms with Crippen LogP contribution in [0, 0.1) is 11.8 Å². The minimum Gasteiger partial charge on any atom is -0.384 e. The topological polar surface area (TPSA) is 52.6 Å². The Labute approximate surface area is 123 Å². The first-order chi connectivity index (χ1) is 9.60. The molecule has 20 heavy (non-hydrogen) atoms. The van der Waals surface area contributed by atoms with Crippen LogP contribution in [0.25, 0.3) is 0 Å². The highest BCUT2D eigenvalue weighted by molar-refractivity contribution is 7.14. The zero-order chi connectivity index (χ0) is 14.5. The lowest BCUT2D eigenvalue weighted by Crippen LogP contribution is -2.47. The number of thiophene rings is 1. The van der Waals surface area contributed by atoms with E-state index >= 15 is 0 Å². The highest BCUT2D eigenvalue weighted by atomic mass is 32.1. The summed E-state index contributed by atoms with van der Waals surface area (Å²) in [6.07, 6.45) is 1.99. The Morgan fingerprint density at radius 1 is 1.60 bits per heavy atom. The zero-order valence-corrected chi connectivity index (χ0v) is 12.7. The second-order valence-corrected chi connectivity index (χ2v) is 6.23. The number of aliphatic hydroxyl groups excluding tert-OH is 1. The molecule has 2 heterocycles. The van der Waals surface area contributed by atoms with Crippen LogP contribution in [0.4, 0.5) is 0 Å². The molecule has 1 aliphatic heterocycles. The summed E-state index contributed by atoms with van der Waals surface area (Å²) in [4.78, 5) is 16.0. The number of carbonyl (C=O) groups is 1. The van der Waals surface area contributed by atoms with Crippen LogP contribution in [0.15, 0.2) is 12.1 Å². The summed E-state index contributed by atoms with van der Waals surface area (Å²) in [6, 6.07) is 4.37. The van der Waals surface area contributed by atoms with Crippen molar-refractivity contribution in [2.45, 2.75) is 31.8 Å². The Bertz CT molecular complexity index is 529. The number of hydrogen-bond donors (Lipinski definition) is 2. The van der Waals surface area contributed by atoms with Gasteiger partial charge in [-0.05, 0) is 38.9 Å². The smallest absolute Gasteiger partial charge is 0.261 e. The fourth-order valence-electron chi connectivity index (χ4n) is 2.33. The molecule has 0 bridgehead atoms. The Morgan fingerprint density at radius 3 is 3.10 bits per heavy atom. The van der Waals surface area contributed by atoms with Gasteiger partial charge in [-0.1, -0.05) is 11.8 Å². The molecule has 108 valence electrons. The normalized spacial score (nSPS) is 22.9. The summed E-state index contributed by atoms with van der Waals surface area (Å²) in [5.41, 5.74) is 0. The number of nitrogens with one attached hydrogen (secondary N) is 1. The molecular weight excluding hydrogens is 272 g/mol. The third kappa shape index (κ3) is 3.83. The third-order valence-electron chi connectivity index (χ3n) is 3.66. The van der Waals surface area contributed by atoms with Crippen molar-refractivity contribution in [2.24, 2.45) is 0 Å². The van der Waals surface area contributed by atoms with Crippen molar-refractivity contribution < 1.29 is 9.90 Å². The molecule has 4 nitrogen and oxygen atoms in total. The molecule has 0 spiro atoms. The molecule has 5 heteroatoms.